The van der Waals surface area contributed by atoms with E-state index in [4.69, 9.17) is 4.42 Å². The van der Waals surface area contributed by atoms with Gasteiger partial charge in [-0.1, -0.05) is 43.3 Å². The first-order valence-electron chi connectivity index (χ1n) is 14.3. The minimum Gasteiger partial charge on any atom is -0.455 e. The molecule has 5 nitrogen and oxygen atoms in total. The maximum Gasteiger partial charge on any atom is 0.289 e. The van der Waals surface area contributed by atoms with Crippen LogP contribution in [0.3, 0.4) is 0 Å². The molecular formula is C32H37F2N3O2. The van der Waals surface area contributed by atoms with Crippen molar-refractivity contribution < 1.29 is 18.0 Å². The number of benzene rings is 2. The Morgan fingerprint density at radius 2 is 1.72 bits per heavy atom. The van der Waals surface area contributed by atoms with Gasteiger partial charge >= 0.3 is 0 Å². The molecule has 0 aliphatic carbocycles. The Bertz CT molecular complexity index is 1290. The molecule has 3 atom stereocenters. The van der Waals surface area contributed by atoms with Crippen LogP contribution in [0.5, 0.6) is 0 Å². The summed E-state index contributed by atoms with van der Waals surface area (Å²) in [4.78, 5) is 20.2. The minimum atomic E-state index is -0.569. The van der Waals surface area contributed by atoms with Gasteiger partial charge in [0.1, 0.15) is 17.4 Å². The third-order valence-electron chi connectivity index (χ3n) is 9.04. The molecule has 7 heteroatoms. The number of fused-ring (bicyclic) bond motifs is 1. The number of piperidine rings is 2. The lowest BCUT2D eigenvalue weighted by atomic mass is 9.81. The SMILES string of the molecule is CC1CCN(Cc2ccc(C(=O)N3CC[C@@H]4[C@H](C3)[C@@H](c3ccc(F)cc3F)CN4Cc3ccccc3)o2)CC1. The van der Waals surface area contributed by atoms with E-state index in [1.165, 1.54) is 24.5 Å². The first-order valence-corrected chi connectivity index (χ1v) is 14.3. The number of furan rings is 1. The summed E-state index contributed by atoms with van der Waals surface area (Å²) in [6, 6.07) is 18.1. The van der Waals surface area contributed by atoms with Gasteiger partial charge in [-0.2, -0.15) is 0 Å². The lowest BCUT2D eigenvalue weighted by molar-refractivity contribution is 0.0550. The Balaban J connectivity index is 1.18. The Hall–Kier alpha value is -3.03. The Morgan fingerprint density at radius 1 is 0.923 bits per heavy atom. The van der Waals surface area contributed by atoms with Gasteiger partial charge in [0.05, 0.1) is 6.54 Å². The standard InChI is InChI=1S/C32H37F2N3O2/c1-22-11-14-35(15-12-22)19-25-8-10-31(39-25)32(38)36-16-13-30-28(21-36)27(26-9-7-24(33)17-29(26)34)20-37(30)18-23-5-3-2-4-6-23/h2-10,17,22,27-28,30H,11-16,18-21H2,1H3/t27-,28-,30-/m1/s1. The number of rotatable bonds is 6. The van der Waals surface area contributed by atoms with Crippen LogP contribution < -0.4 is 0 Å². The molecule has 3 fully saturated rings. The minimum absolute atomic E-state index is 0.0520. The third kappa shape index (κ3) is 5.66. The predicted molar refractivity (Wildman–Crippen MR) is 146 cm³/mol. The van der Waals surface area contributed by atoms with Crippen LogP contribution in [0.2, 0.25) is 0 Å². The number of amides is 1. The molecule has 0 N–H and O–H groups in total. The summed E-state index contributed by atoms with van der Waals surface area (Å²) in [5.41, 5.74) is 1.74. The highest BCUT2D eigenvalue weighted by atomic mass is 19.1. The van der Waals surface area contributed by atoms with E-state index in [0.717, 1.165) is 50.3 Å². The quantitative estimate of drug-likeness (QED) is 0.394. The van der Waals surface area contributed by atoms with Crippen molar-refractivity contribution in [3.63, 3.8) is 0 Å². The molecule has 1 amide bonds. The maximum atomic E-state index is 15.0. The molecule has 3 aromatic rings. The highest BCUT2D eigenvalue weighted by Crippen LogP contribution is 2.43. The Labute approximate surface area is 229 Å². The second-order valence-corrected chi connectivity index (χ2v) is 11.7. The third-order valence-corrected chi connectivity index (χ3v) is 9.04. The number of carbonyl (C=O) groups excluding carboxylic acids is 1. The summed E-state index contributed by atoms with van der Waals surface area (Å²) >= 11 is 0. The van der Waals surface area contributed by atoms with Crippen molar-refractivity contribution in [1.82, 2.24) is 14.7 Å². The van der Waals surface area contributed by atoms with Gasteiger partial charge in [-0.25, -0.2) is 8.78 Å². The number of halogens is 2. The van der Waals surface area contributed by atoms with E-state index in [1.807, 2.05) is 29.2 Å². The predicted octanol–water partition coefficient (Wildman–Crippen LogP) is 5.92. The molecule has 0 radical (unpaired) electrons. The van der Waals surface area contributed by atoms with Crippen molar-refractivity contribution in [1.29, 1.82) is 0 Å². The summed E-state index contributed by atoms with van der Waals surface area (Å²) in [6.07, 6.45) is 3.20. The van der Waals surface area contributed by atoms with Gasteiger partial charge < -0.3 is 9.32 Å². The fourth-order valence-electron chi connectivity index (χ4n) is 6.83. The smallest absolute Gasteiger partial charge is 0.289 e. The van der Waals surface area contributed by atoms with E-state index >= 15 is 0 Å². The highest BCUT2D eigenvalue weighted by molar-refractivity contribution is 5.91. The van der Waals surface area contributed by atoms with Crippen LogP contribution in [0.1, 0.15) is 59.5 Å². The first-order chi connectivity index (χ1) is 18.9. The molecule has 3 aliphatic rings. The van der Waals surface area contributed by atoms with Crippen molar-refractivity contribution in [2.75, 3.05) is 32.7 Å². The average molecular weight is 534 g/mol. The van der Waals surface area contributed by atoms with Gasteiger partial charge in [0.25, 0.3) is 5.91 Å². The molecule has 0 spiro atoms. The monoisotopic (exact) mass is 533 g/mol. The molecule has 39 heavy (non-hydrogen) atoms. The van der Waals surface area contributed by atoms with Crippen LogP contribution in [0.25, 0.3) is 0 Å². The van der Waals surface area contributed by atoms with Crippen LogP contribution in [0, 0.1) is 23.5 Å². The fraction of sp³-hybridized carbons (Fsp3) is 0.469. The molecule has 4 heterocycles. The second-order valence-electron chi connectivity index (χ2n) is 11.7. The zero-order valence-corrected chi connectivity index (χ0v) is 22.6. The van der Waals surface area contributed by atoms with Crippen molar-refractivity contribution in [3.8, 4) is 0 Å². The van der Waals surface area contributed by atoms with Crippen LogP contribution in [0.4, 0.5) is 8.78 Å². The lowest BCUT2D eigenvalue weighted by Crippen LogP contribution is -2.48. The largest absolute Gasteiger partial charge is 0.455 e. The van der Waals surface area contributed by atoms with Gasteiger partial charge in [-0.3, -0.25) is 14.6 Å². The zero-order valence-electron chi connectivity index (χ0n) is 22.6. The van der Waals surface area contributed by atoms with Crippen molar-refractivity contribution in [2.45, 2.75) is 51.2 Å². The van der Waals surface area contributed by atoms with Crippen LogP contribution >= 0.6 is 0 Å². The van der Waals surface area contributed by atoms with E-state index in [9.17, 15) is 13.6 Å². The zero-order chi connectivity index (χ0) is 26.9. The van der Waals surface area contributed by atoms with Crippen LogP contribution in [-0.2, 0) is 13.1 Å². The van der Waals surface area contributed by atoms with Gasteiger partial charge in [0, 0.05) is 50.1 Å². The van der Waals surface area contributed by atoms with Crippen molar-refractivity contribution >= 4 is 5.91 Å². The van der Waals surface area contributed by atoms with Crippen molar-refractivity contribution in [2.24, 2.45) is 11.8 Å². The lowest BCUT2D eigenvalue weighted by Gasteiger charge is -2.39. The number of likely N-dealkylation sites (tertiary alicyclic amines) is 3. The first kappa shape index (κ1) is 26.2. The number of carbonyl (C=O) groups is 1. The van der Waals surface area contributed by atoms with Gasteiger partial charge in [-0.05, 0) is 67.6 Å². The highest BCUT2D eigenvalue weighted by Gasteiger charge is 2.47. The van der Waals surface area contributed by atoms with Crippen LogP contribution in [0.15, 0.2) is 65.1 Å². The number of hydrogen-bond acceptors (Lipinski definition) is 4. The molecule has 0 bridgehead atoms. The van der Waals surface area contributed by atoms with Gasteiger partial charge in [0.2, 0.25) is 0 Å². The van der Waals surface area contributed by atoms with Crippen molar-refractivity contribution in [3.05, 3.63) is 94.9 Å². The molecule has 3 saturated heterocycles. The van der Waals surface area contributed by atoms with E-state index < -0.39 is 11.6 Å². The summed E-state index contributed by atoms with van der Waals surface area (Å²) in [5, 5.41) is 0. The maximum absolute atomic E-state index is 15.0. The Kier molecular flexibility index (Phi) is 7.54. The molecule has 3 aliphatic heterocycles. The second kappa shape index (κ2) is 11.2. The molecule has 206 valence electrons. The van der Waals surface area contributed by atoms with Gasteiger partial charge in [-0.15, -0.1) is 0 Å². The normalized spacial score (nSPS) is 24.7. The Morgan fingerprint density at radius 3 is 2.49 bits per heavy atom. The summed E-state index contributed by atoms with van der Waals surface area (Å²) in [5.74, 6) is 0.712. The number of nitrogens with zero attached hydrogens (tertiary/aromatic N) is 3. The summed E-state index contributed by atoms with van der Waals surface area (Å²) in [6.45, 7) is 7.73. The van der Waals surface area contributed by atoms with Crippen LogP contribution in [-0.4, -0.2) is 59.4 Å². The van der Waals surface area contributed by atoms with Gasteiger partial charge in [0.15, 0.2) is 5.76 Å². The summed E-state index contributed by atoms with van der Waals surface area (Å²) in [7, 11) is 0. The van der Waals surface area contributed by atoms with E-state index in [2.05, 4.69) is 28.9 Å². The molecular weight excluding hydrogens is 496 g/mol. The van der Waals surface area contributed by atoms with E-state index in [-0.39, 0.29) is 23.8 Å². The number of hydrogen-bond donors (Lipinski definition) is 0. The average Bonchev–Trinajstić information content (AvgIpc) is 3.55. The molecule has 0 unspecified atom stereocenters. The van der Waals surface area contributed by atoms with E-state index in [0.29, 0.717) is 31.0 Å². The fourth-order valence-corrected chi connectivity index (χ4v) is 6.83. The molecule has 1 aromatic heterocycles. The molecule has 2 aromatic carbocycles. The topological polar surface area (TPSA) is 39.9 Å². The molecule has 6 rings (SSSR count). The summed E-state index contributed by atoms with van der Waals surface area (Å²) < 4.78 is 34.8. The molecule has 0 saturated carbocycles. The van der Waals surface area contributed by atoms with E-state index in [1.54, 1.807) is 12.1 Å².